The number of aromatic nitrogens is 3. The highest BCUT2D eigenvalue weighted by Crippen LogP contribution is 2.53. The van der Waals surface area contributed by atoms with E-state index in [1.165, 1.54) is 0 Å². The molecule has 174 valence electrons. The van der Waals surface area contributed by atoms with Gasteiger partial charge in [0.15, 0.2) is 11.5 Å². The van der Waals surface area contributed by atoms with Crippen molar-refractivity contribution in [1.82, 2.24) is 15.2 Å². The maximum atomic E-state index is 6.86. The summed E-state index contributed by atoms with van der Waals surface area (Å²) in [7, 11) is 4.85. The number of pyridine rings is 1. The van der Waals surface area contributed by atoms with E-state index >= 15 is 0 Å². The van der Waals surface area contributed by atoms with Gasteiger partial charge in [-0.25, -0.2) is 4.98 Å². The number of hydrogen-bond donors (Lipinski definition) is 2. The molecule has 0 radical (unpaired) electrons. The van der Waals surface area contributed by atoms with Crippen molar-refractivity contribution in [2.24, 2.45) is 0 Å². The Bertz CT molecular complexity index is 1180. The van der Waals surface area contributed by atoms with Gasteiger partial charge in [0.2, 0.25) is 17.5 Å². The van der Waals surface area contributed by atoms with Crippen molar-refractivity contribution in [3.63, 3.8) is 0 Å². The monoisotopic (exact) mass is 450 g/mol. The molecule has 2 aromatic heterocycles. The van der Waals surface area contributed by atoms with Gasteiger partial charge >= 0.3 is 0 Å². The second-order valence-corrected chi connectivity index (χ2v) is 8.54. The zero-order valence-corrected chi connectivity index (χ0v) is 19.6. The summed E-state index contributed by atoms with van der Waals surface area (Å²) in [5.41, 5.74) is 13.7. The number of anilines is 1. The molecular formula is C25H30N4O4. The second kappa shape index (κ2) is 8.50. The molecule has 8 nitrogen and oxygen atoms in total. The summed E-state index contributed by atoms with van der Waals surface area (Å²) in [5, 5.41) is 7.69. The first-order valence-corrected chi connectivity index (χ1v) is 11.5. The molecule has 0 saturated heterocycles. The largest absolute Gasteiger partial charge is 0.493 e. The van der Waals surface area contributed by atoms with E-state index in [-0.39, 0.29) is 5.92 Å². The molecule has 0 saturated carbocycles. The predicted octanol–water partition coefficient (Wildman–Crippen LogP) is 4.53. The zero-order valence-electron chi connectivity index (χ0n) is 19.6. The molecule has 1 unspecified atom stereocenters. The number of benzene rings is 1. The Morgan fingerprint density at radius 3 is 2.42 bits per heavy atom. The second-order valence-electron chi connectivity index (χ2n) is 8.54. The Labute approximate surface area is 193 Å². The Morgan fingerprint density at radius 2 is 1.76 bits per heavy atom. The number of H-pyrrole nitrogens is 1. The average molecular weight is 451 g/mol. The number of nitrogens with zero attached hydrogens (tertiary/aromatic N) is 2. The molecule has 1 aromatic carbocycles. The maximum Gasteiger partial charge on any atom is 0.244 e. The van der Waals surface area contributed by atoms with E-state index in [0.29, 0.717) is 29.0 Å². The number of aryl methyl sites for hydroxylation is 2. The minimum absolute atomic E-state index is 0.225. The number of fused-ring (bicyclic) bond motifs is 3. The summed E-state index contributed by atoms with van der Waals surface area (Å²) in [6.45, 7) is 2.14. The summed E-state index contributed by atoms with van der Waals surface area (Å²) >= 11 is 0. The van der Waals surface area contributed by atoms with Crippen molar-refractivity contribution in [3.8, 4) is 29.0 Å². The van der Waals surface area contributed by atoms with Crippen molar-refractivity contribution >= 4 is 5.69 Å². The lowest BCUT2D eigenvalue weighted by atomic mass is 9.80. The summed E-state index contributed by atoms with van der Waals surface area (Å²) < 4.78 is 23.1. The molecule has 3 heterocycles. The molecule has 0 amide bonds. The quantitative estimate of drug-likeness (QED) is 0.445. The van der Waals surface area contributed by atoms with E-state index in [1.807, 2.05) is 12.1 Å². The highest BCUT2D eigenvalue weighted by molar-refractivity contribution is 5.70. The fraction of sp³-hybridized carbons (Fsp3) is 0.440. The molecular weight excluding hydrogens is 420 g/mol. The number of nitrogens with one attached hydrogen (secondary N) is 1. The van der Waals surface area contributed by atoms with E-state index in [2.05, 4.69) is 17.1 Å². The third-order valence-electron chi connectivity index (χ3n) is 6.66. The van der Waals surface area contributed by atoms with Crippen LogP contribution in [0.15, 0.2) is 12.1 Å². The van der Waals surface area contributed by atoms with Crippen molar-refractivity contribution < 1.29 is 18.9 Å². The van der Waals surface area contributed by atoms with Crippen LogP contribution in [0.5, 0.6) is 29.0 Å². The topological polar surface area (TPSA) is 105 Å². The van der Waals surface area contributed by atoms with Crippen molar-refractivity contribution in [2.45, 2.75) is 51.4 Å². The lowest BCUT2D eigenvalue weighted by Gasteiger charge is -2.30. The lowest BCUT2D eigenvalue weighted by molar-refractivity contribution is 0.323. The van der Waals surface area contributed by atoms with Gasteiger partial charge in [0.1, 0.15) is 0 Å². The normalized spacial score (nSPS) is 16.3. The molecule has 3 aromatic rings. The fourth-order valence-corrected chi connectivity index (χ4v) is 5.14. The minimum Gasteiger partial charge on any atom is -0.493 e. The Hall–Kier alpha value is -3.42. The predicted molar refractivity (Wildman–Crippen MR) is 125 cm³/mol. The van der Waals surface area contributed by atoms with E-state index in [4.69, 9.17) is 29.7 Å². The fourth-order valence-electron chi connectivity index (χ4n) is 5.14. The highest BCUT2D eigenvalue weighted by atomic mass is 16.5. The third kappa shape index (κ3) is 3.35. The number of hydrogen-bond acceptors (Lipinski definition) is 7. The van der Waals surface area contributed by atoms with Gasteiger partial charge in [0, 0.05) is 28.6 Å². The average Bonchev–Trinajstić information content (AvgIpc) is 3.24. The Morgan fingerprint density at radius 1 is 1.03 bits per heavy atom. The van der Waals surface area contributed by atoms with Crippen molar-refractivity contribution in [2.75, 3.05) is 27.1 Å². The summed E-state index contributed by atoms with van der Waals surface area (Å²) in [4.78, 5) is 4.92. The van der Waals surface area contributed by atoms with E-state index in [9.17, 15) is 0 Å². The van der Waals surface area contributed by atoms with Crippen LogP contribution in [0, 0.1) is 0 Å². The van der Waals surface area contributed by atoms with Crippen LogP contribution in [-0.4, -0.2) is 36.5 Å². The first-order chi connectivity index (χ1) is 16.1. The van der Waals surface area contributed by atoms with Gasteiger partial charge in [0.05, 0.1) is 26.9 Å². The molecule has 0 bridgehead atoms. The van der Waals surface area contributed by atoms with Gasteiger partial charge in [-0.1, -0.05) is 13.3 Å². The van der Waals surface area contributed by atoms with Gasteiger partial charge in [-0.3, -0.25) is 5.10 Å². The molecule has 3 N–H and O–H groups in total. The van der Waals surface area contributed by atoms with Gasteiger partial charge in [-0.2, -0.15) is 0 Å². The Kier molecular flexibility index (Phi) is 5.52. The summed E-state index contributed by atoms with van der Waals surface area (Å²) in [5.74, 6) is 2.59. The van der Waals surface area contributed by atoms with Gasteiger partial charge in [-0.05, 0) is 55.4 Å². The highest BCUT2D eigenvalue weighted by Gasteiger charge is 2.38. The number of ether oxygens (including phenoxy) is 4. The summed E-state index contributed by atoms with van der Waals surface area (Å²) in [6.07, 6.45) is 5.90. The molecule has 1 atom stereocenters. The van der Waals surface area contributed by atoms with Crippen LogP contribution < -0.4 is 24.7 Å². The number of rotatable bonds is 6. The van der Waals surface area contributed by atoms with Crippen LogP contribution in [0.2, 0.25) is 0 Å². The number of aromatic amines is 1. The van der Waals surface area contributed by atoms with E-state index in [1.54, 1.807) is 21.3 Å². The van der Waals surface area contributed by atoms with Gasteiger partial charge < -0.3 is 24.7 Å². The van der Waals surface area contributed by atoms with E-state index in [0.717, 1.165) is 77.9 Å². The van der Waals surface area contributed by atoms with Gasteiger partial charge in [-0.15, -0.1) is 5.10 Å². The standard InChI is InChI=1S/C25H30N4O4/c1-5-8-16-20-19(13-11-17(30-2)23(32-4)18(12-13)31-3)21-22(26)14-9-6-7-10-15(14)27-24(21)33-25(20)29-28-16/h11-12,19H,5-10H2,1-4H3,(H2,26,27)(H,28,29). The van der Waals surface area contributed by atoms with Crippen LogP contribution in [-0.2, 0) is 19.3 Å². The van der Waals surface area contributed by atoms with Crippen LogP contribution in [0.4, 0.5) is 5.69 Å². The van der Waals surface area contributed by atoms with Crippen LogP contribution in [0.1, 0.15) is 65.7 Å². The molecule has 1 aliphatic heterocycles. The van der Waals surface area contributed by atoms with Crippen molar-refractivity contribution in [3.05, 3.63) is 45.8 Å². The van der Waals surface area contributed by atoms with Crippen LogP contribution in [0.25, 0.3) is 0 Å². The minimum atomic E-state index is -0.225. The number of methoxy groups -OCH3 is 3. The number of nitrogens with two attached hydrogens (primary N) is 1. The Balaban J connectivity index is 1.79. The first-order valence-electron chi connectivity index (χ1n) is 11.5. The smallest absolute Gasteiger partial charge is 0.244 e. The van der Waals surface area contributed by atoms with Crippen molar-refractivity contribution in [1.29, 1.82) is 0 Å². The molecule has 33 heavy (non-hydrogen) atoms. The first kappa shape index (κ1) is 21.4. The van der Waals surface area contributed by atoms with E-state index < -0.39 is 0 Å². The molecule has 8 heteroatoms. The number of nitrogen functional groups attached to an aromatic ring is 1. The summed E-state index contributed by atoms with van der Waals surface area (Å²) in [6, 6.07) is 3.96. The maximum absolute atomic E-state index is 6.86. The van der Waals surface area contributed by atoms with Crippen LogP contribution >= 0.6 is 0 Å². The molecule has 0 fully saturated rings. The third-order valence-corrected chi connectivity index (χ3v) is 6.66. The van der Waals surface area contributed by atoms with Crippen LogP contribution in [0.3, 0.4) is 0 Å². The molecule has 0 spiro atoms. The zero-order chi connectivity index (χ0) is 23.1. The molecule has 1 aliphatic carbocycles. The SMILES string of the molecule is CCCc1[nH]nc2c1C(c1cc(OC)c(OC)c(OC)c1)c1c(nc3c(c1N)CCCC3)O2. The van der Waals surface area contributed by atoms with Gasteiger partial charge in [0.25, 0.3) is 0 Å². The molecule has 2 aliphatic rings. The lowest BCUT2D eigenvalue weighted by Crippen LogP contribution is -2.20. The molecule has 5 rings (SSSR count).